The number of fused-ring (bicyclic) bond motifs is 3. The van der Waals surface area contributed by atoms with Crippen LogP contribution in [-0.2, 0) is 19.5 Å². The lowest BCUT2D eigenvalue weighted by molar-refractivity contribution is 0.0714. The van der Waals surface area contributed by atoms with Gasteiger partial charge in [-0.3, -0.25) is 4.79 Å². The van der Waals surface area contributed by atoms with Gasteiger partial charge in [-0.1, -0.05) is 48.5 Å². The summed E-state index contributed by atoms with van der Waals surface area (Å²) in [7, 11) is 0. The highest BCUT2D eigenvalue weighted by molar-refractivity contribution is 6.02. The molecule has 0 spiro atoms. The Morgan fingerprint density at radius 1 is 1.00 bits per heavy atom. The third kappa shape index (κ3) is 2.39. The number of aliphatic hydroxyl groups excluding tert-OH is 1. The van der Waals surface area contributed by atoms with E-state index in [4.69, 9.17) is 0 Å². The fraction of sp³-hybridized carbons (Fsp3) is 0.250. The smallest absolute Gasteiger partial charge is 0.271 e. The topological polar surface area (TPSA) is 45.5 Å². The molecule has 1 amide bonds. The number of nitrogens with zero attached hydrogens (tertiary/aromatic N) is 2. The predicted octanol–water partition coefficient (Wildman–Crippen LogP) is 2.83. The van der Waals surface area contributed by atoms with E-state index >= 15 is 0 Å². The second-order valence-electron chi connectivity index (χ2n) is 6.18. The van der Waals surface area contributed by atoms with Crippen LogP contribution in [0.2, 0.25) is 0 Å². The van der Waals surface area contributed by atoms with Gasteiger partial charge in [0, 0.05) is 30.5 Å². The van der Waals surface area contributed by atoms with Gasteiger partial charge in [0.1, 0.15) is 5.69 Å². The maximum atomic E-state index is 13.1. The largest absolute Gasteiger partial charge is 0.395 e. The van der Waals surface area contributed by atoms with E-state index in [1.54, 1.807) is 0 Å². The Morgan fingerprint density at radius 3 is 2.54 bits per heavy atom. The van der Waals surface area contributed by atoms with Crippen LogP contribution in [0.3, 0.4) is 0 Å². The fourth-order valence-electron chi connectivity index (χ4n) is 3.66. The molecule has 1 aromatic heterocycles. The fourth-order valence-corrected chi connectivity index (χ4v) is 3.66. The molecule has 0 saturated carbocycles. The molecule has 0 unspecified atom stereocenters. The second-order valence-corrected chi connectivity index (χ2v) is 6.18. The molecule has 4 heteroatoms. The lowest BCUT2D eigenvalue weighted by atomic mass is 10.0. The molecule has 0 bridgehead atoms. The minimum Gasteiger partial charge on any atom is -0.395 e. The van der Waals surface area contributed by atoms with Crippen LogP contribution >= 0.6 is 0 Å². The molecule has 4 nitrogen and oxygen atoms in total. The highest BCUT2D eigenvalue weighted by Crippen LogP contribution is 2.31. The molecule has 122 valence electrons. The van der Waals surface area contributed by atoms with Crippen LogP contribution in [0.5, 0.6) is 0 Å². The average Bonchev–Trinajstić information content (AvgIpc) is 2.94. The maximum Gasteiger partial charge on any atom is 0.271 e. The van der Waals surface area contributed by atoms with Crippen molar-refractivity contribution < 1.29 is 9.90 Å². The van der Waals surface area contributed by atoms with E-state index in [0.29, 0.717) is 13.1 Å². The van der Waals surface area contributed by atoms with E-state index in [2.05, 4.69) is 6.07 Å². The SMILES string of the molecule is O=C1c2c(c3ccccc3n2CCO)CCN1Cc1ccccc1. The standard InChI is InChI=1S/C20H20N2O2/c23-13-12-22-18-9-5-4-8-16(18)17-10-11-21(20(24)19(17)22)14-15-6-2-1-3-7-15/h1-9,23H,10-14H2. The van der Waals surface area contributed by atoms with Crippen LogP contribution in [0.1, 0.15) is 21.6 Å². The monoisotopic (exact) mass is 320 g/mol. The molecule has 1 aliphatic rings. The van der Waals surface area contributed by atoms with Crippen molar-refractivity contribution in [3.8, 4) is 0 Å². The summed E-state index contributed by atoms with van der Waals surface area (Å²) in [6.45, 7) is 1.82. The zero-order valence-electron chi connectivity index (χ0n) is 13.5. The Labute approximate surface area is 140 Å². The minimum atomic E-state index is 0.0249. The molecular weight excluding hydrogens is 300 g/mol. The maximum absolute atomic E-state index is 13.1. The van der Waals surface area contributed by atoms with Crippen molar-refractivity contribution in [2.24, 2.45) is 0 Å². The van der Waals surface area contributed by atoms with Gasteiger partial charge in [0.25, 0.3) is 5.91 Å². The van der Waals surface area contributed by atoms with Gasteiger partial charge in [-0.2, -0.15) is 0 Å². The predicted molar refractivity (Wildman–Crippen MR) is 93.9 cm³/mol. The lowest BCUT2D eigenvalue weighted by Gasteiger charge is -2.28. The summed E-state index contributed by atoms with van der Waals surface area (Å²) in [6, 6.07) is 18.2. The first kappa shape index (κ1) is 15.0. The first-order valence-corrected chi connectivity index (χ1v) is 8.33. The van der Waals surface area contributed by atoms with E-state index in [-0.39, 0.29) is 12.5 Å². The number of para-hydroxylation sites is 1. The number of hydrogen-bond acceptors (Lipinski definition) is 2. The van der Waals surface area contributed by atoms with E-state index < -0.39 is 0 Å². The van der Waals surface area contributed by atoms with E-state index in [9.17, 15) is 9.90 Å². The minimum absolute atomic E-state index is 0.0249. The quantitative estimate of drug-likeness (QED) is 0.803. The Balaban J connectivity index is 1.76. The zero-order valence-corrected chi connectivity index (χ0v) is 13.5. The van der Waals surface area contributed by atoms with Crippen LogP contribution in [0.25, 0.3) is 10.9 Å². The summed E-state index contributed by atoms with van der Waals surface area (Å²) in [5, 5.41) is 10.6. The van der Waals surface area contributed by atoms with Crippen molar-refractivity contribution in [3.63, 3.8) is 0 Å². The van der Waals surface area contributed by atoms with Gasteiger partial charge in [0.2, 0.25) is 0 Å². The van der Waals surface area contributed by atoms with Gasteiger partial charge in [-0.15, -0.1) is 0 Å². The Bertz CT molecular complexity index is 883. The van der Waals surface area contributed by atoms with Crippen molar-refractivity contribution in [2.75, 3.05) is 13.2 Å². The van der Waals surface area contributed by atoms with Crippen molar-refractivity contribution >= 4 is 16.8 Å². The van der Waals surface area contributed by atoms with Crippen LogP contribution < -0.4 is 0 Å². The normalized spacial score (nSPS) is 14.2. The number of rotatable bonds is 4. The summed E-state index contributed by atoms with van der Waals surface area (Å²) in [4.78, 5) is 15.0. The van der Waals surface area contributed by atoms with Crippen LogP contribution in [0.4, 0.5) is 0 Å². The third-order valence-corrected chi connectivity index (χ3v) is 4.74. The second kappa shape index (κ2) is 6.13. The number of aromatic nitrogens is 1. The highest BCUT2D eigenvalue weighted by atomic mass is 16.3. The molecule has 0 fully saturated rings. The Kier molecular flexibility index (Phi) is 3.82. The number of amides is 1. The first-order valence-electron chi connectivity index (χ1n) is 8.33. The van der Waals surface area contributed by atoms with E-state index in [1.165, 1.54) is 0 Å². The number of hydrogen-bond donors (Lipinski definition) is 1. The molecule has 2 heterocycles. The molecule has 0 aliphatic carbocycles. The molecule has 4 rings (SSSR count). The zero-order chi connectivity index (χ0) is 16.5. The Morgan fingerprint density at radius 2 is 1.75 bits per heavy atom. The van der Waals surface area contributed by atoms with Crippen molar-refractivity contribution in [2.45, 2.75) is 19.5 Å². The van der Waals surface area contributed by atoms with E-state index in [0.717, 1.165) is 40.7 Å². The molecule has 2 aromatic carbocycles. The van der Waals surface area contributed by atoms with Gasteiger partial charge in [-0.05, 0) is 23.6 Å². The number of benzene rings is 2. The molecule has 0 saturated heterocycles. The number of aliphatic hydroxyl groups is 1. The van der Waals surface area contributed by atoms with Crippen LogP contribution in [0, 0.1) is 0 Å². The summed E-state index contributed by atoms with van der Waals surface area (Å²) >= 11 is 0. The van der Waals surface area contributed by atoms with Gasteiger partial charge in [-0.25, -0.2) is 0 Å². The molecule has 0 atom stereocenters. The number of carbonyl (C=O) groups excluding carboxylic acids is 1. The third-order valence-electron chi connectivity index (χ3n) is 4.74. The van der Waals surface area contributed by atoms with Crippen LogP contribution in [-0.4, -0.2) is 33.6 Å². The molecule has 0 radical (unpaired) electrons. The lowest BCUT2D eigenvalue weighted by Crippen LogP contribution is -2.38. The summed E-state index contributed by atoms with van der Waals surface area (Å²) in [5.74, 6) is 0.0600. The average molecular weight is 320 g/mol. The van der Waals surface area contributed by atoms with Crippen LogP contribution in [0.15, 0.2) is 54.6 Å². The van der Waals surface area contributed by atoms with Gasteiger partial charge < -0.3 is 14.6 Å². The number of carbonyl (C=O) groups is 1. The summed E-state index contributed by atoms with van der Waals surface area (Å²) < 4.78 is 1.98. The van der Waals surface area contributed by atoms with Gasteiger partial charge >= 0.3 is 0 Å². The summed E-state index contributed by atoms with van der Waals surface area (Å²) in [5.41, 5.74) is 4.03. The molecule has 1 N–H and O–H groups in total. The first-order chi connectivity index (χ1) is 11.8. The summed E-state index contributed by atoms with van der Waals surface area (Å²) in [6.07, 6.45) is 0.854. The Hall–Kier alpha value is -2.59. The molecule has 24 heavy (non-hydrogen) atoms. The van der Waals surface area contributed by atoms with Crippen molar-refractivity contribution in [1.29, 1.82) is 0 Å². The molecular formula is C20H20N2O2. The van der Waals surface area contributed by atoms with Gasteiger partial charge in [0.15, 0.2) is 0 Å². The highest BCUT2D eigenvalue weighted by Gasteiger charge is 2.30. The molecule has 1 aliphatic heterocycles. The van der Waals surface area contributed by atoms with Crippen molar-refractivity contribution in [1.82, 2.24) is 9.47 Å². The van der Waals surface area contributed by atoms with E-state index in [1.807, 2.05) is 58.0 Å². The van der Waals surface area contributed by atoms with Crippen molar-refractivity contribution in [3.05, 3.63) is 71.4 Å². The molecule has 3 aromatic rings. The van der Waals surface area contributed by atoms with Gasteiger partial charge in [0.05, 0.1) is 6.61 Å².